The molecule has 2 saturated heterocycles. The number of guanidine groups is 1. The summed E-state index contributed by atoms with van der Waals surface area (Å²) in [5, 5.41) is 6.34. The molecule has 0 aliphatic carbocycles. The molecule has 186 valence electrons. The number of ether oxygens (including phenoxy) is 1. The second kappa shape index (κ2) is 14.1. The molecule has 0 aromatic heterocycles. The van der Waals surface area contributed by atoms with Gasteiger partial charge in [-0.2, -0.15) is 0 Å². The smallest absolute Gasteiger partial charge is 0.407 e. The number of amides is 2. The number of aliphatic imine (C=N–C) groups is 1. The molecule has 2 heterocycles. The molecule has 4 N–H and O–H groups in total. The Morgan fingerprint density at radius 1 is 1.12 bits per heavy atom. The maximum absolute atomic E-state index is 12.0. The molecule has 10 heteroatoms. The fourth-order valence-corrected chi connectivity index (χ4v) is 4.04. The summed E-state index contributed by atoms with van der Waals surface area (Å²) >= 11 is 0. The van der Waals surface area contributed by atoms with Crippen LogP contribution in [0.1, 0.15) is 59.8 Å². The van der Waals surface area contributed by atoms with Gasteiger partial charge in [0.25, 0.3) is 0 Å². The van der Waals surface area contributed by atoms with E-state index in [0.29, 0.717) is 0 Å². The highest BCUT2D eigenvalue weighted by Crippen LogP contribution is 2.17. The van der Waals surface area contributed by atoms with Gasteiger partial charge in [0.2, 0.25) is 5.91 Å². The van der Waals surface area contributed by atoms with E-state index in [1.54, 1.807) is 0 Å². The zero-order chi connectivity index (χ0) is 22.9. The third-order valence-corrected chi connectivity index (χ3v) is 5.68. The van der Waals surface area contributed by atoms with E-state index in [2.05, 4.69) is 27.4 Å². The predicted octanol–water partition coefficient (Wildman–Crippen LogP) is 2.15. The number of nitrogens with two attached hydrogens (primary N) is 1. The Balaban J connectivity index is 0.00000512. The summed E-state index contributed by atoms with van der Waals surface area (Å²) in [5.74, 6) is 0.811. The quantitative estimate of drug-likeness (QED) is 0.180. The van der Waals surface area contributed by atoms with Crippen molar-refractivity contribution in [3.05, 3.63) is 0 Å². The van der Waals surface area contributed by atoms with Crippen molar-refractivity contribution in [3.63, 3.8) is 0 Å². The maximum Gasteiger partial charge on any atom is 0.407 e. The van der Waals surface area contributed by atoms with Crippen LogP contribution in [0.2, 0.25) is 0 Å². The molecule has 2 amide bonds. The van der Waals surface area contributed by atoms with E-state index in [-0.39, 0.29) is 47.9 Å². The van der Waals surface area contributed by atoms with Crippen LogP contribution in [0.15, 0.2) is 4.99 Å². The number of hydrogen-bond acceptors (Lipinski definition) is 5. The number of carbonyl (C=O) groups is 2. The van der Waals surface area contributed by atoms with Gasteiger partial charge in [-0.1, -0.05) is 0 Å². The van der Waals surface area contributed by atoms with Gasteiger partial charge in [-0.3, -0.25) is 9.79 Å². The van der Waals surface area contributed by atoms with E-state index < -0.39 is 5.60 Å². The Bertz CT molecular complexity index is 617. The predicted molar refractivity (Wildman–Crippen MR) is 138 cm³/mol. The molecule has 1 unspecified atom stereocenters. The van der Waals surface area contributed by atoms with E-state index in [9.17, 15) is 9.59 Å². The van der Waals surface area contributed by atoms with Gasteiger partial charge in [-0.05, 0) is 79.4 Å². The van der Waals surface area contributed by atoms with Crippen LogP contribution in [0, 0.1) is 5.92 Å². The fraction of sp³-hybridized carbons (Fsp3) is 0.864. The third kappa shape index (κ3) is 10.5. The van der Waals surface area contributed by atoms with Gasteiger partial charge in [0.05, 0.1) is 6.04 Å². The summed E-state index contributed by atoms with van der Waals surface area (Å²) in [7, 11) is 0. The van der Waals surface area contributed by atoms with E-state index in [4.69, 9.17) is 15.5 Å². The summed E-state index contributed by atoms with van der Waals surface area (Å²) in [6, 6.07) is 0.0713. The monoisotopic (exact) mass is 566 g/mol. The molecule has 0 saturated carbocycles. The van der Waals surface area contributed by atoms with Crippen molar-refractivity contribution in [1.29, 1.82) is 0 Å². The first-order valence-corrected chi connectivity index (χ1v) is 11.7. The summed E-state index contributed by atoms with van der Waals surface area (Å²) in [6.07, 6.45) is 4.40. The van der Waals surface area contributed by atoms with Gasteiger partial charge in [0.1, 0.15) is 5.60 Å². The number of halogens is 1. The molecule has 2 aliphatic rings. The minimum atomic E-state index is -0.490. The Hall–Kier alpha value is -1.30. The van der Waals surface area contributed by atoms with Crippen LogP contribution < -0.4 is 16.4 Å². The molecular formula is C22H43IN6O3. The molecule has 0 radical (unpaired) electrons. The first-order chi connectivity index (χ1) is 14.7. The summed E-state index contributed by atoms with van der Waals surface area (Å²) < 4.78 is 5.36. The second-order valence-corrected chi connectivity index (χ2v) is 9.54. The minimum Gasteiger partial charge on any atom is -0.444 e. The Kier molecular flexibility index (Phi) is 12.6. The van der Waals surface area contributed by atoms with Crippen molar-refractivity contribution in [2.45, 2.75) is 71.4 Å². The van der Waals surface area contributed by atoms with Gasteiger partial charge >= 0.3 is 6.09 Å². The lowest BCUT2D eigenvalue weighted by Crippen LogP contribution is -2.44. The molecular weight excluding hydrogens is 523 g/mol. The van der Waals surface area contributed by atoms with Crippen molar-refractivity contribution < 1.29 is 14.3 Å². The Morgan fingerprint density at radius 3 is 2.41 bits per heavy atom. The first-order valence-electron chi connectivity index (χ1n) is 11.7. The standard InChI is InChI=1S/C22H42N6O3.HI/c1-5-24-20(28-15-10-18(16-28)26-21(30)31-22(2,3)4)25-11-6-7-12-27-13-8-17(9-14-27)19(23)29;/h17-18H,5-16H2,1-4H3,(H2,23,29)(H,24,25)(H,26,30);1H. The number of alkyl carbamates (subject to hydrolysis) is 1. The number of rotatable bonds is 8. The number of primary amides is 1. The van der Waals surface area contributed by atoms with Crippen molar-refractivity contribution in [2.24, 2.45) is 16.6 Å². The van der Waals surface area contributed by atoms with Crippen LogP contribution in [0.5, 0.6) is 0 Å². The number of unbranched alkanes of at least 4 members (excludes halogenated alkanes) is 1. The second-order valence-electron chi connectivity index (χ2n) is 9.54. The number of hydrogen-bond donors (Lipinski definition) is 3. The first kappa shape index (κ1) is 28.7. The highest BCUT2D eigenvalue weighted by Gasteiger charge is 2.28. The van der Waals surface area contributed by atoms with E-state index in [1.165, 1.54) is 0 Å². The summed E-state index contributed by atoms with van der Waals surface area (Å²) in [4.78, 5) is 32.7. The van der Waals surface area contributed by atoms with Gasteiger partial charge in [-0.15, -0.1) is 24.0 Å². The van der Waals surface area contributed by atoms with Gasteiger partial charge in [-0.25, -0.2) is 4.79 Å². The van der Waals surface area contributed by atoms with Gasteiger partial charge in [0, 0.05) is 32.1 Å². The normalized spacial score (nSPS) is 20.6. The molecule has 2 rings (SSSR count). The number of likely N-dealkylation sites (tertiary alicyclic amines) is 2. The highest BCUT2D eigenvalue weighted by molar-refractivity contribution is 14.0. The van der Waals surface area contributed by atoms with Crippen LogP contribution in [-0.2, 0) is 9.53 Å². The van der Waals surface area contributed by atoms with Crippen molar-refractivity contribution >= 4 is 41.9 Å². The van der Waals surface area contributed by atoms with Crippen molar-refractivity contribution in [3.8, 4) is 0 Å². The molecule has 32 heavy (non-hydrogen) atoms. The number of piperidine rings is 1. The lowest BCUT2D eigenvalue weighted by Gasteiger charge is -2.30. The van der Waals surface area contributed by atoms with Crippen LogP contribution >= 0.6 is 24.0 Å². The molecule has 0 bridgehead atoms. The SMILES string of the molecule is CCNC(=NCCCCN1CCC(C(N)=O)CC1)N1CCC(NC(=O)OC(C)(C)C)C1.I. The molecule has 2 fully saturated rings. The molecule has 0 aromatic rings. The molecule has 9 nitrogen and oxygen atoms in total. The van der Waals surface area contributed by atoms with Crippen molar-refractivity contribution in [2.75, 3.05) is 45.8 Å². The molecule has 2 aliphatic heterocycles. The number of carbonyl (C=O) groups excluding carboxylic acids is 2. The zero-order valence-electron chi connectivity index (χ0n) is 20.2. The molecule has 0 spiro atoms. The van der Waals surface area contributed by atoms with Crippen molar-refractivity contribution in [1.82, 2.24) is 20.4 Å². The maximum atomic E-state index is 12.0. The van der Waals surface area contributed by atoms with Crippen LogP contribution in [-0.4, -0.2) is 85.2 Å². The van der Waals surface area contributed by atoms with Crippen LogP contribution in [0.25, 0.3) is 0 Å². The highest BCUT2D eigenvalue weighted by atomic mass is 127. The summed E-state index contributed by atoms with van der Waals surface area (Å²) in [6.45, 7) is 13.8. The van der Waals surface area contributed by atoms with Gasteiger partial charge < -0.3 is 30.9 Å². The average molecular weight is 567 g/mol. The molecule has 1 atom stereocenters. The van der Waals surface area contributed by atoms with E-state index in [1.807, 2.05) is 20.8 Å². The third-order valence-electron chi connectivity index (χ3n) is 5.68. The minimum absolute atomic E-state index is 0. The number of nitrogens with one attached hydrogen (secondary N) is 2. The van der Waals surface area contributed by atoms with Gasteiger partial charge in [0.15, 0.2) is 5.96 Å². The number of nitrogens with zero attached hydrogens (tertiary/aromatic N) is 3. The van der Waals surface area contributed by atoms with Crippen LogP contribution in [0.4, 0.5) is 4.79 Å². The summed E-state index contributed by atoms with van der Waals surface area (Å²) in [5.41, 5.74) is 4.91. The molecule has 0 aromatic carbocycles. The fourth-order valence-electron chi connectivity index (χ4n) is 4.04. The van der Waals surface area contributed by atoms with Crippen LogP contribution in [0.3, 0.4) is 0 Å². The Labute approximate surface area is 210 Å². The largest absolute Gasteiger partial charge is 0.444 e. The topological polar surface area (TPSA) is 112 Å². The lowest BCUT2D eigenvalue weighted by atomic mass is 9.96. The van der Waals surface area contributed by atoms with E-state index in [0.717, 1.165) is 83.9 Å². The van der Waals surface area contributed by atoms with E-state index >= 15 is 0 Å². The lowest BCUT2D eigenvalue weighted by molar-refractivity contribution is -0.123. The average Bonchev–Trinajstić information content (AvgIpc) is 3.13. The zero-order valence-corrected chi connectivity index (χ0v) is 22.5. The Morgan fingerprint density at radius 2 is 1.81 bits per heavy atom.